The van der Waals surface area contributed by atoms with Crippen LogP contribution in [0.1, 0.15) is 17.6 Å². The molecule has 0 bridgehead atoms. The molecule has 32 heavy (non-hydrogen) atoms. The van der Waals surface area contributed by atoms with E-state index in [9.17, 15) is 0 Å². The Morgan fingerprint density at radius 2 is 1.88 bits per heavy atom. The normalized spacial score (nSPS) is 14.1. The molecule has 0 spiro atoms. The summed E-state index contributed by atoms with van der Waals surface area (Å²) >= 11 is 1.68. The van der Waals surface area contributed by atoms with Crippen molar-refractivity contribution >= 4 is 37.1 Å². The molecule has 6 rings (SSSR count). The van der Waals surface area contributed by atoms with Gasteiger partial charge in [0.2, 0.25) is 0 Å². The van der Waals surface area contributed by atoms with Gasteiger partial charge in [0.15, 0.2) is 0 Å². The molecule has 3 heterocycles. The smallest absolute Gasteiger partial charge is 0.0830 e. The minimum absolute atomic E-state index is 0. The maximum absolute atomic E-state index is 8.03. The number of benzene rings is 2. The van der Waals surface area contributed by atoms with Crippen LogP contribution in [0.5, 0.6) is 0 Å². The van der Waals surface area contributed by atoms with E-state index >= 15 is 0 Å². The standard InChI is InChI=1S/C17H10NS.C11H10N.Ir/c1-2-7-16-13(5-1)14-11-12(8-9-17(14)19-16)15-6-3-4-10-18-15;1-2-6-10(7-3-1)11-8-4-5-9-12-11;/h1-7,9-11H;1-2,4-9H,3H2;/q2*-1;/i3D,4D,6D,10D;;. The third-order valence-electron chi connectivity index (χ3n) is 4.88. The number of allylic oxidation sites excluding steroid dienone is 4. The molecule has 0 saturated carbocycles. The number of fused-ring (bicyclic) bond motifs is 3. The quantitative estimate of drug-likeness (QED) is 0.193. The van der Waals surface area contributed by atoms with Gasteiger partial charge in [0.1, 0.15) is 0 Å². The molecule has 0 saturated heterocycles. The minimum Gasteiger partial charge on any atom is -0.321 e. The van der Waals surface area contributed by atoms with Crippen molar-refractivity contribution in [3.8, 4) is 11.3 Å². The number of hydrogen-bond donors (Lipinski definition) is 0. The van der Waals surface area contributed by atoms with E-state index in [4.69, 9.17) is 5.48 Å². The van der Waals surface area contributed by atoms with E-state index in [1.165, 1.54) is 10.3 Å². The molecule has 2 nitrogen and oxygen atoms in total. The fourth-order valence-corrected chi connectivity index (χ4v) is 4.47. The van der Waals surface area contributed by atoms with Crippen molar-refractivity contribution in [3.05, 3.63) is 122 Å². The summed E-state index contributed by atoms with van der Waals surface area (Å²) in [6.45, 7) is 0. The second kappa shape index (κ2) is 10.5. The van der Waals surface area contributed by atoms with E-state index in [0.717, 1.165) is 27.6 Å². The average Bonchev–Trinajstić information content (AvgIpc) is 3.29. The Labute approximate surface area is 211 Å². The number of thiophene rings is 1. The van der Waals surface area contributed by atoms with E-state index in [1.807, 2.05) is 54.7 Å². The van der Waals surface area contributed by atoms with Gasteiger partial charge in [-0.05, 0) is 39.6 Å². The summed E-state index contributed by atoms with van der Waals surface area (Å²) in [7, 11) is 0. The molecule has 1 aliphatic rings. The van der Waals surface area contributed by atoms with Gasteiger partial charge in [-0.25, -0.2) is 0 Å². The Bertz CT molecular complexity index is 1600. The zero-order valence-corrected chi connectivity index (χ0v) is 20.1. The fraction of sp³-hybridized carbons (Fsp3) is 0.0357. The van der Waals surface area contributed by atoms with Crippen LogP contribution in [0.15, 0.2) is 103 Å². The van der Waals surface area contributed by atoms with Gasteiger partial charge in [0, 0.05) is 37.2 Å². The Kier molecular flexibility index (Phi) is 5.75. The molecule has 2 aromatic carbocycles. The summed E-state index contributed by atoms with van der Waals surface area (Å²) in [5.41, 5.74) is 3.08. The Morgan fingerprint density at radius 3 is 2.72 bits per heavy atom. The van der Waals surface area contributed by atoms with Crippen LogP contribution in [0.2, 0.25) is 0 Å². The number of rotatable bonds is 2. The summed E-state index contributed by atoms with van der Waals surface area (Å²) in [5.74, 6) is 0. The van der Waals surface area contributed by atoms with Gasteiger partial charge in [-0.1, -0.05) is 54.2 Å². The number of nitrogens with zero attached hydrogens (tertiary/aromatic N) is 2. The molecule has 0 fully saturated rings. The van der Waals surface area contributed by atoms with Crippen molar-refractivity contribution in [2.24, 2.45) is 0 Å². The van der Waals surface area contributed by atoms with Crippen LogP contribution in [0.3, 0.4) is 0 Å². The van der Waals surface area contributed by atoms with Gasteiger partial charge < -0.3 is 9.97 Å². The Hall–Kier alpha value is -3.04. The molecule has 5 aromatic rings. The maximum Gasteiger partial charge on any atom is 0.0830 e. The third kappa shape index (κ3) is 4.89. The van der Waals surface area contributed by atoms with Crippen molar-refractivity contribution in [3.63, 3.8) is 0 Å². The van der Waals surface area contributed by atoms with Gasteiger partial charge in [0.25, 0.3) is 0 Å². The topological polar surface area (TPSA) is 25.8 Å². The second-order valence-corrected chi connectivity index (χ2v) is 7.96. The summed E-state index contributed by atoms with van der Waals surface area (Å²) in [6, 6.07) is 20.2. The number of hydrogen-bond acceptors (Lipinski definition) is 3. The van der Waals surface area contributed by atoms with Crippen molar-refractivity contribution in [2.75, 3.05) is 0 Å². The van der Waals surface area contributed by atoms with Gasteiger partial charge in [0.05, 0.1) is 5.48 Å². The van der Waals surface area contributed by atoms with E-state index in [2.05, 4.69) is 46.7 Å². The van der Waals surface area contributed by atoms with Crippen LogP contribution >= 0.6 is 11.3 Å². The monoisotopic (exact) mass is 613 g/mol. The first-order valence-electron chi connectivity index (χ1n) is 11.9. The van der Waals surface area contributed by atoms with Gasteiger partial charge in [-0.3, -0.25) is 0 Å². The summed E-state index contributed by atoms with van der Waals surface area (Å²) in [6.07, 6.45) is 11.0. The van der Waals surface area contributed by atoms with Crippen molar-refractivity contribution in [1.29, 1.82) is 0 Å². The first-order valence-corrected chi connectivity index (χ1v) is 10.7. The molecule has 0 unspecified atom stereocenters. The van der Waals surface area contributed by atoms with Crippen LogP contribution in [-0.4, -0.2) is 9.97 Å². The SMILES string of the molecule is C1=CC[CH-]C(c2ccccn2)=C1.[2H]c1nc(-c2[c-]cc3sc4ccccc4c3c2)c([2H])c([2H])c1[2H].[Ir]. The van der Waals surface area contributed by atoms with Crippen LogP contribution < -0.4 is 0 Å². The molecule has 0 atom stereocenters. The summed E-state index contributed by atoms with van der Waals surface area (Å²) in [4.78, 5) is 8.29. The van der Waals surface area contributed by atoms with Crippen LogP contribution in [0, 0.1) is 12.5 Å². The predicted octanol–water partition coefficient (Wildman–Crippen LogP) is 7.54. The number of aromatic nitrogens is 2. The first-order chi connectivity index (χ1) is 17.0. The minimum atomic E-state index is -0.319. The molecule has 1 radical (unpaired) electrons. The molecular weight excluding hydrogens is 589 g/mol. The number of pyridine rings is 2. The Morgan fingerprint density at radius 1 is 0.969 bits per heavy atom. The van der Waals surface area contributed by atoms with E-state index < -0.39 is 0 Å². The van der Waals surface area contributed by atoms with Crippen molar-refractivity contribution in [1.82, 2.24) is 9.97 Å². The largest absolute Gasteiger partial charge is 0.321 e. The van der Waals surface area contributed by atoms with Gasteiger partial charge in [-0.2, -0.15) is 29.4 Å². The average molecular weight is 613 g/mol. The van der Waals surface area contributed by atoms with Crippen LogP contribution in [0.25, 0.3) is 37.0 Å². The molecule has 159 valence electrons. The van der Waals surface area contributed by atoms with Gasteiger partial charge >= 0.3 is 0 Å². The van der Waals surface area contributed by atoms with Crippen molar-refractivity contribution in [2.45, 2.75) is 6.42 Å². The first kappa shape index (κ1) is 17.5. The molecule has 3 aromatic heterocycles. The Balaban J connectivity index is 0.000000198. The molecule has 0 N–H and O–H groups in total. The van der Waals surface area contributed by atoms with Crippen LogP contribution in [0.4, 0.5) is 0 Å². The second-order valence-electron chi connectivity index (χ2n) is 6.88. The van der Waals surface area contributed by atoms with E-state index in [1.54, 1.807) is 11.3 Å². The molecule has 4 heteroatoms. The molecule has 0 amide bonds. The van der Waals surface area contributed by atoms with Gasteiger partial charge in [-0.15, -0.1) is 35.9 Å². The summed E-state index contributed by atoms with van der Waals surface area (Å²) in [5, 5.41) is 2.18. The van der Waals surface area contributed by atoms with Crippen LogP contribution in [-0.2, 0) is 20.1 Å². The molecular formula is C28H20IrN2S-2. The zero-order valence-electron chi connectivity index (χ0n) is 20.9. The third-order valence-corrected chi connectivity index (χ3v) is 6.01. The van der Waals surface area contributed by atoms with Crippen molar-refractivity contribution < 1.29 is 25.6 Å². The predicted molar refractivity (Wildman–Crippen MR) is 132 cm³/mol. The van der Waals surface area contributed by atoms with E-state index in [-0.39, 0.29) is 50.1 Å². The fourth-order valence-electron chi connectivity index (χ4n) is 3.40. The molecule has 0 aliphatic heterocycles. The summed E-state index contributed by atoms with van der Waals surface area (Å²) < 4.78 is 33.4. The maximum atomic E-state index is 8.03. The zero-order chi connectivity index (χ0) is 24.4. The molecule has 1 aliphatic carbocycles. The van der Waals surface area contributed by atoms with E-state index in [0.29, 0.717) is 5.56 Å².